The second-order valence-electron chi connectivity index (χ2n) is 8.16. The summed E-state index contributed by atoms with van der Waals surface area (Å²) in [5.41, 5.74) is 5.58. The van der Waals surface area contributed by atoms with Crippen LogP contribution in [-0.2, 0) is 11.2 Å². The number of anilines is 1. The van der Waals surface area contributed by atoms with E-state index >= 15 is 0 Å². The molecule has 2 heterocycles. The summed E-state index contributed by atoms with van der Waals surface area (Å²) < 4.78 is 5.33. The molecule has 0 unspecified atom stereocenters. The molecule has 3 aromatic carbocycles. The number of benzene rings is 3. The molecule has 0 fully saturated rings. The lowest BCUT2D eigenvalue weighted by Crippen LogP contribution is -2.12. The maximum atomic E-state index is 12.6. The molecular weight excluding hydrogens is 446 g/mol. The van der Waals surface area contributed by atoms with E-state index in [2.05, 4.69) is 22.4 Å². The van der Waals surface area contributed by atoms with E-state index in [0.29, 0.717) is 35.7 Å². The summed E-state index contributed by atoms with van der Waals surface area (Å²) in [5, 5.41) is 5.78. The molecule has 0 saturated heterocycles. The Balaban J connectivity index is 1.40. The molecule has 34 heavy (non-hydrogen) atoms. The second kappa shape index (κ2) is 9.57. The Hall–Kier alpha value is -3.83. The van der Waals surface area contributed by atoms with Gasteiger partial charge in [0.25, 0.3) is 0 Å². The number of carbonyl (C=O) groups is 1. The minimum Gasteiger partial charge on any atom is -0.495 e. The lowest BCUT2D eigenvalue weighted by Gasteiger charge is -2.10. The van der Waals surface area contributed by atoms with Gasteiger partial charge in [-0.05, 0) is 60.9 Å². The van der Waals surface area contributed by atoms with Gasteiger partial charge in [-0.1, -0.05) is 48.0 Å². The zero-order chi connectivity index (χ0) is 23.5. The third-order valence-corrected chi connectivity index (χ3v) is 6.17. The summed E-state index contributed by atoms with van der Waals surface area (Å²) >= 11 is 6.32. The number of ether oxygens (including phenoxy) is 1. The van der Waals surface area contributed by atoms with Crippen molar-refractivity contribution in [2.45, 2.75) is 19.3 Å². The zero-order valence-corrected chi connectivity index (χ0v) is 19.5. The van der Waals surface area contributed by atoms with Gasteiger partial charge >= 0.3 is 0 Å². The highest BCUT2D eigenvalue weighted by Gasteiger charge is 2.16. The fourth-order valence-corrected chi connectivity index (χ4v) is 4.46. The van der Waals surface area contributed by atoms with Crippen LogP contribution < -0.4 is 10.1 Å². The van der Waals surface area contributed by atoms with Crippen LogP contribution in [0.15, 0.2) is 78.9 Å². The number of halogens is 1. The van der Waals surface area contributed by atoms with E-state index in [1.807, 2.05) is 66.7 Å². The lowest BCUT2D eigenvalue weighted by atomic mass is 10.0. The van der Waals surface area contributed by atoms with E-state index in [1.165, 1.54) is 0 Å². The fourth-order valence-electron chi connectivity index (χ4n) is 4.29. The lowest BCUT2D eigenvalue weighted by molar-refractivity contribution is -0.116. The first-order valence-corrected chi connectivity index (χ1v) is 11.6. The average Bonchev–Trinajstić information content (AvgIpc) is 3.21. The molecule has 0 spiro atoms. The first-order chi connectivity index (χ1) is 16.6. The molecule has 0 aliphatic heterocycles. The van der Waals surface area contributed by atoms with E-state index in [0.717, 1.165) is 38.8 Å². The Morgan fingerprint density at radius 3 is 2.74 bits per heavy atom. The Bertz CT molecular complexity index is 1490. The molecule has 5 rings (SSSR count). The quantitative estimate of drug-likeness (QED) is 0.269. The molecule has 5 aromatic rings. The molecule has 0 radical (unpaired) electrons. The molecule has 0 aliphatic rings. The topological polar surface area (TPSA) is 67.0 Å². The Morgan fingerprint density at radius 1 is 1.03 bits per heavy atom. The van der Waals surface area contributed by atoms with Crippen LogP contribution in [0.25, 0.3) is 33.2 Å². The molecule has 0 atom stereocenters. The number of hydrogen-bond acceptors (Lipinski definition) is 3. The molecule has 1 amide bonds. The van der Waals surface area contributed by atoms with Gasteiger partial charge in [0.15, 0.2) is 0 Å². The number of H-pyrrole nitrogens is 1. The minimum absolute atomic E-state index is 0.0484. The zero-order valence-electron chi connectivity index (χ0n) is 18.8. The standard InChI is InChI=1S/C28H24ClN3O2/c1-34-26-11-5-4-10-24(26)31-27(33)12-6-8-20-21-17-19(29)14-16-23(21)32-28(20)25-15-13-18-7-2-3-9-22(18)30-25/h2-5,7,9-11,13-17,32H,6,8,12H2,1H3,(H,31,33). The fraction of sp³-hybridized carbons (Fsp3) is 0.143. The van der Waals surface area contributed by atoms with Crippen LogP contribution in [0.1, 0.15) is 18.4 Å². The number of para-hydroxylation sites is 3. The molecular formula is C28H24ClN3O2. The number of aromatic nitrogens is 2. The van der Waals surface area contributed by atoms with Crippen LogP contribution in [0.3, 0.4) is 0 Å². The van der Waals surface area contributed by atoms with Crippen molar-refractivity contribution in [2.75, 3.05) is 12.4 Å². The predicted octanol–water partition coefficient (Wildman–Crippen LogP) is 7.01. The van der Waals surface area contributed by atoms with Crippen molar-refractivity contribution in [2.24, 2.45) is 0 Å². The number of aromatic amines is 1. The second-order valence-corrected chi connectivity index (χ2v) is 8.60. The predicted molar refractivity (Wildman–Crippen MR) is 139 cm³/mol. The van der Waals surface area contributed by atoms with E-state index in [1.54, 1.807) is 7.11 Å². The van der Waals surface area contributed by atoms with Crippen LogP contribution in [-0.4, -0.2) is 23.0 Å². The molecule has 0 bridgehead atoms. The molecule has 5 nitrogen and oxygen atoms in total. The SMILES string of the molecule is COc1ccccc1NC(=O)CCCc1c(-c2ccc3ccccc3n2)[nH]c2ccc(Cl)cc12. The van der Waals surface area contributed by atoms with E-state index in [-0.39, 0.29) is 5.91 Å². The summed E-state index contributed by atoms with van der Waals surface area (Å²) in [4.78, 5) is 21.0. The van der Waals surface area contributed by atoms with Crippen molar-refractivity contribution in [1.82, 2.24) is 9.97 Å². The highest BCUT2D eigenvalue weighted by atomic mass is 35.5. The summed E-state index contributed by atoms with van der Waals surface area (Å²) in [6.45, 7) is 0. The maximum Gasteiger partial charge on any atom is 0.224 e. The van der Waals surface area contributed by atoms with Gasteiger partial charge in [-0.25, -0.2) is 4.98 Å². The van der Waals surface area contributed by atoms with Gasteiger partial charge in [-0.2, -0.15) is 0 Å². The normalized spacial score (nSPS) is 11.1. The number of carbonyl (C=O) groups excluding carboxylic acids is 1. The molecule has 0 aliphatic carbocycles. The monoisotopic (exact) mass is 469 g/mol. The van der Waals surface area contributed by atoms with E-state index < -0.39 is 0 Å². The summed E-state index contributed by atoms with van der Waals surface area (Å²) in [6, 6.07) is 25.4. The smallest absolute Gasteiger partial charge is 0.224 e. The number of hydrogen-bond donors (Lipinski definition) is 2. The first kappa shape index (κ1) is 22.0. The minimum atomic E-state index is -0.0484. The van der Waals surface area contributed by atoms with Crippen LogP contribution >= 0.6 is 11.6 Å². The van der Waals surface area contributed by atoms with Gasteiger partial charge in [-0.15, -0.1) is 0 Å². The number of amides is 1. The molecule has 2 aromatic heterocycles. The van der Waals surface area contributed by atoms with E-state index in [9.17, 15) is 4.79 Å². The maximum absolute atomic E-state index is 12.6. The van der Waals surface area contributed by atoms with Crippen LogP contribution in [0.4, 0.5) is 5.69 Å². The first-order valence-electron chi connectivity index (χ1n) is 11.2. The summed E-state index contributed by atoms with van der Waals surface area (Å²) in [5.74, 6) is 0.597. The van der Waals surface area contributed by atoms with Crippen molar-refractivity contribution < 1.29 is 9.53 Å². The largest absolute Gasteiger partial charge is 0.495 e. The number of methoxy groups -OCH3 is 1. The number of pyridine rings is 1. The van der Waals surface area contributed by atoms with Gasteiger partial charge in [0.1, 0.15) is 5.75 Å². The molecule has 6 heteroatoms. The highest BCUT2D eigenvalue weighted by molar-refractivity contribution is 6.31. The van der Waals surface area contributed by atoms with Crippen molar-refractivity contribution in [3.05, 3.63) is 89.4 Å². The van der Waals surface area contributed by atoms with Gasteiger partial charge in [0, 0.05) is 27.7 Å². The number of aryl methyl sites for hydroxylation is 1. The van der Waals surface area contributed by atoms with Crippen molar-refractivity contribution in [3.8, 4) is 17.1 Å². The van der Waals surface area contributed by atoms with Gasteiger partial charge < -0.3 is 15.0 Å². The van der Waals surface area contributed by atoms with Gasteiger partial charge in [0.2, 0.25) is 5.91 Å². The third-order valence-electron chi connectivity index (χ3n) is 5.93. The summed E-state index contributed by atoms with van der Waals surface area (Å²) in [7, 11) is 1.59. The number of nitrogens with zero attached hydrogens (tertiary/aromatic N) is 1. The Morgan fingerprint density at radius 2 is 1.85 bits per heavy atom. The number of fused-ring (bicyclic) bond motifs is 2. The molecule has 170 valence electrons. The van der Waals surface area contributed by atoms with Crippen molar-refractivity contribution >= 4 is 45.0 Å². The van der Waals surface area contributed by atoms with Crippen molar-refractivity contribution in [3.63, 3.8) is 0 Å². The van der Waals surface area contributed by atoms with Gasteiger partial charge in [0.05, 0.1) is 29.7 Å². The Labute approximate surface area is 202 Å². The van der Waals surface area contributed by atoms with Crippen LogP contribution in [0.2, 0.25) is 5.02 Å². The summed E-state index contributed by atoms with van der Waals surface area (Å²) in [6.07, 6.45) is 1.78. The van der Waals surface area contributed by atoms with Gasteiger partial charge in [-0.3, -0.25) is 4.79 Å². The van der Waals surface area contributed by atoms with Crippen molar-refractivity contribution in [1.29, 1.82) is 0 Å². The van der Waals surface area contributed by atoms with Crippen LogP contribution in [0, 0.1) is 0 Å². The third kappa shape index (κ3) is 4.47. The number of rotatable bonds is 7. The number of nitrogens with one attached hydrogen (secondary N) is 2. The molecule has 2 N–H and O–H groups in total. The van der Waals surface area contributed by atoms with E-state index in [4.69, 9.17) is 21.3 Å². The highest BCUT2D eigenvalue weighted by Crippen LogP contribution is 2.33. The average molecular weight is 470 g/mol. The van der Waals surface area contributed by atoms with Crippen LogP contribution in [0.5, 0.6) is 5.75 Å². The molecule has 0 saturated carbocycles. The Kier molecular flexibility index (Phi) is 6.19.